The Morgan fingerprint density at radius 3 is 2.62 bits per heavy atom. The summed E-state index contributed by atoms with van der Waals surface area (Å²) in [6, 6.07) is 10.5. The largest absolute Gasteiger partial charge is 0.354 e. The van der Waals surface area contributed by atoms with Crippen molar-refractivity contribution in [2.45, 2.75) is 50.7 Å². The van der Waals surface area contributed by atoms with Crippen molar-refractivity contribution in [3.63, 3.8) is 0 Å². The van der Waals surface area contributed by atoms with Crippen LogP contribution >= 0.6 is 0 Å². The number of piperazine rings is 1. The first-order valence-corrected chi connectivity index (χ1v) is 11.5. The zero-order chi connectivity index (χ0) is 22.5. The molecule has 2 heterocycles. The van der Waals surface area contributed by atoms with Crippen molar-refractivity contribution < 1.29 is 4.79 Å². The first-order valence-electron chi connectivity index (χ1n) is 11.5. The second kappa shape index (κ2) is 10.2. The van der Waals surface area contributed by atoms with E-state index < -0.39 is 5.69 Å². The van der Waals surface area contributed by atoms with E-state index in [-0.39, 0.29) is 11.8 Å². The molecule has 9 nitrogen and oxygen atoms in total. The van der Waals surface area contributed by atoms with Gasteiger partial charge in [-0.15, -0.1) is 0 Å². The van der Waals surface area contributed by atoms with Gasteiger partial charge in [-0.2, -0.15) is 4.98 Å². The maximum absolute atomic E-state index is 12.5. The second-order valence-electron chi connectivity index (χ2n) is 8.84. The molecule has 9 heteroatoms. The molecule has 2 aliphatic rings. The number of benzene rings is 1. The molecule has 3 atom stereocenters. The first-order chi connectivity index (χ1) is 15.5. The Morgan fingerprint density at radius 2 is 1.97 bits per heavy atom. The highest BCUT2D eigenvalue weighted by Crippen LogP contribution is 2.18. The summed E-state index contributed by atoms with van der Waals surface area (Å²) in [6.07, 6.45) is 5.85. The van der Waals surface area contributed by atoms with Gasteiger partial charge in [0, 0.05) is 50.5 Å². The van der Waals surface area contributed by atoms with Gasteiger partial charge in [0.05, 0.1) is 5.69 Å². The van der Waals surface area contributed by atoms with Gasteiger partial charge in [-0.05, 0) is 56.4 Å². The SMILES string of the molecule is CC(Cc1ccc(-n2ccc(NC(=O)N3CCNCC3)nc2=O)cc1)NC1CC[C@@H](N)C1. The molecule has 172 valence electrons. The third-order valence-corrected chi connectivity index (χ3v) is 6.19. The molecule has 0 spiro atoms. The van der Waals surface area contributed by atoms with E-state index in [1.54, 1.807) is 17.2 Å². The van der Waals surface area contributed by atoms with Gasteiger partial charge in [0.25, 0.3) is 0 Å². The molecule has 2 unspecified atom stereocenters. The fourth-order valence-corrected chi connectivity index (χ4v) is 4.50. The van der Waals surface area contributed by atoms with Crippen molar-refractivity contribution >= 4 is 11.8 Å². The monoisotopic (exact) mass is 439 g/mol. The maximum Gasteiger partial charge on any atom is 0.354 e. The lowest BCUT2D eigenvalue weighted by Crippen LogP contribution is -2.48. The molecule has 2 aromatic rings. The number of hydrogen-bond donors (Lipinski definition) is 4. The minimum absolute atomic E-state index is 0.234. The van der Waals surface area contributed by atoms with Crippen molar-refractivity contribution in [1.29, 1.82) is 0 Å². The van der Waals surface area contributed by atoms with E-state index in [0.717, 1.165) is 44.5 Å². The van der Waals surface area contributed by atoms with Gasteiger partial charge in [-0.25, -0.2) is 9.59 Å². The number of anilines is 1. The number of urea groups is 1. The van der Waals surface area contributed by atoms with Crippen LogP contribution in [0.4, 0.5) is 10.6 Å². The van der Waals surface area contributed by atoms with Gasteiger partial charge in [-0.3, -0.25) is 9.88 Å². The van der Waals surface area contributed by atoms with E-state index >= 15 is 0 Å². The van der Waals surface area contributed by atoms with Crippen LogP contribution in [0.15, 0.2) is 41.3 Å². The molecular formula is C23H33N7O2. The van der Waals surface area contributed by atoms with Crippen LogP contribution in [0.5, 0.6) is 0 Å². The smallest absolute Gasteiger partial charge is 0.328 e. The fraction of sp³-hybridized carbons (Fsp3) is 0.522. The molecule has 32 heavy (non-hydrogen) atoms. The molecule has 4 rings (SSSR count). The third kappa shape index (κ3) is 5.73. The highest BCUT2D eigenvalue weighted by atomic mass is 16.2. The Morgan fingerprint density at radius 1 is 1.22 bits per heavy atom. The summed E-state index contributed by atoms with van der Waals surface area (Å²) >= 11 is 0. The topological polar surface area (TPSA) is 117 Å². The minimum atomic E-state index is -0.427. The lowest BCUT2D eigenvalue weighted by molar-refractivity contribution is 0.204. The molecule has 2 amide bonds. The van der Waals surface area contributed by atoms with Gasteiger partial charge in [-0.1, -0.05) is 12.1 Å². The first kappa shape index (κ1) is 22.4. The van der Waals surface area contributed by atoms with Crippen LogP contribution in [-0.4, -0.2) is 64.8 Å². The number of nitrogens with zero attached hydrogens (tertiary/aromatic N) is 3. The summed E-state index contributed by atoms with van der Waals surface area (Å²) < 4.78 is 1.48. The maximum atomic E-state index is 12.5. The lowest BCUT2D eigenvalue weighted by atomic mass is 10.1. The van der Waals surface area contributed by atoms with Crippen LogP contribution in [-0.2, 0) is 6.42 Å². The molecule has 2 fully saturated rings. The van der Waals surface area contributed by atoms with Gasteiger partial charge >= 0.3 is 11.7 Å². The van der Waals surface area contributed by atoms with Crippen LogP contribution in [0.2, 0.25) is 0 Å². The van der Waals surface area contributed by atoms with Gasteiger partial charge < -0.3 is 21.3 Å². The molecule has 0 radical (unpaired) electrons. The Hall–Kier alpha value is -2.75. The predicted octanol–water partition coefficient (Wildman–Crippen LogP) is 1.07. The predicted molar refractivity (Wildman–Crippen MR) is 125 cm³/mol. The van der Waals surface area contributed by atoms with Crippen molar-refractivity contribution in [2.24, 2.45) is 5.73 Å². The summed E-state index contributed by atoms with van der Waals surface area (Å²) in [6.45, 7) is 5.00. The summed E-state index contributed by atoms with van der Waals surface area (Å²) in [7, 11) is 0. The Bertz CT molecular complexity index is 969. The molecule has 1 aromatic carbocycles. The number of carbonyl (C=O) groups excluding carboxylic acids is 1. The minimum Gasteiger partial charge on any atom is -0.328 e. The van der Waals surface area contributed by atoms with E-state index in [1.807, 2.05) is 24.3 Å². The standard InChI is InChI=1S/C23H33N7O2/c1-16(26-19-5-4-18(24)15-19)14-17-2-6-20(7-3-17)30-11-8-21(28-23(30)32)27-22(31)29-12-9-25-10-13-29/h2-3,6-8,11,16,18-19,25-26H,4-5,9-10,12-15,24H2,1H3,(H,27,28,31,32)/t16?,18-,19?/m1/s1. The Kier molecular flexibility index (Phi) is 7.19. The zero-order valence-corrected chi connectivity index (χ0v) is 18.6. The van der Waals surface area contributed by atoms with Crippen LogP contribution in [0.1, 0.15) is 31.7 Å². The lowest BCUT2D eigenvalue weighted by Gasteiger charge is -2.27. The quantitative estimate of drug-likeness (QED) is 0.535. The average Bonchev–Trinajstić information content (AvgIpc) is 3.19. The van der Waals surface area contributed by atoms with E-state index in [4.69, 9.17) is 5.73 Å². The molecule has 1 aromatic heterocycles. The summed E-state index contributed by atoms with van der Waals surface area (Å²) in [5.74, 6) is 0.262. The van der Waals surface area contributed by atoms with E-state index in [0.29, 0.717) is 31.2 Å². The zero-order valence-electron chi connectivity index (χ0n) is 18.6. The van der Waals surface area contributed by atoms with Crippen molar-refractivity contribution in [3.05, 3.63) is 52.6 Å². The van der Waals surface area contributed by atoms with Crippen LogP contribution in [0.3, 0.4) is 0 Å². The second-order valence-corrected chi connectivity index (χ2v) is 8.84. The number of rotatable bonds is 6. The fourth-order valence-electron chi connectivity index (χ4n) is 4.50. The van der Waals surface area contributed by atoms with Crippen LogP contribution < -0.4 is 27.4 Å². The number of nitrogens with one attached hydrogen (secondary N) is 3. The normalized spacial score (nSPS) is 22.0. The Balaban J connectivity index is 1.35. The van der Waals surface area contributed by atoms with Crippen molar-refractivity contribution in [2.75, 3.05) is 31.5 Å². The molecule has 1 saturated heterocycles. The molecular weight excluding hydrogens is 406 g/mol. The molecule has 1 saturated carbocycles. The van der Waals surface area contributed by atoms with E-state index in [1.165, 1.54) is 10.1 Å². The summed E-state index contributed by atoms with van der Waals surface area (Å²) in [5, 5.41) is 9.59. The summed E-state index contributed by atoms with van der Waals surface area (Å²) in [4.78, 5) is 30.6. The highest BCUT2D eigenvalue weighted by molar-refractivity contribution is 5.88. The average molecular weight is 440 g/mol. The third-order valence-electron chi connectivity index (χ3n) is 6.19. The summed E-state index contributed by atoms with van der Waals surface area (Å²) in [5.41, 5.74) is 7.53. The Labute approximate surface area is 188 Å². The number of nitrogens with two attached hydrogens (primary N) is 1. The number of hydrogen-bond acceptors (Lipinski definition) is 6. The van der Waals surface area contributed by atoms with Crippen LogP contribution in [0.25, 0.3) is 5.69 Å². The van der Waals surface area contributed by atoms with Crippen LogP contribution in [0, 0.1) is 0 Å². The number of aromatic nitrogens is 2. The number of amides is 2. The van der Waals surface area contributed by atoms with Gasteiger partial charge in [0.2, 0.25) is 0 Å². The highest BCUT2D eigenvalue weighted by Gasteiger charge is 2.22. The molecule has 1 aliphatic heterocycles. The van der Waals surface area contributed by atoms with E-state index in [9.17, 15) is 9.59 Å². The molecule has 5 N–H and O–H groups in total. The van der Waals surface area contributed by atoms with Gasteiger partial charge in [0.1, 0.15) is 5.82 Å². The molecule has 0 bridgehead atoms. The van der Waals surface area contributed by atoms with Crippen molar-refractivity contribution in [3.8, 4) is 5.69 Å². The van der Waals surface area contributed by atoms with Gasteiger partial charge in [0.15, 0.2) is 0 Å². The number of carbonyl (C=O) groups is 1. The van der Waals surface area contributed by atoms with Crippen molar-refractivity contribution in [1.82, 2.24) is 25.1 Å². The van der Waals surface area contributed by atoms with E-state index in [2.05, 4.69) is 27.9 Å². The molecule has 1 aliphatic carbocycles.